The van der Waals surface area contributed by atoms with E-state index < -0.39 is 34.7 Å². The van der Waals surface area contributed by atoms with Crippen LogP contribution >= 0.6 is 34.7 Å². The Morgan fingerprint density at radius 2 is 1.62 bits per heavy atom. The highest BCUT2D eigenvalue weighted by Crippen LogP contribution is 2.53. The lowest BCUT2D eigenvalue weighted by molar-refractivity contribution is -0.122. The number of fused-ring (bicyclic) bond motifs is 2. The fourth-order valence-electron chi connectivity index (χ4n) is 4.99. The quantitative estimate of drug-likeness (QED) is 0.331. The van der Waals surface area contributed by atoms with Crippen LogP contribution in [0.1, 0.15) is 16.4 Å². The van der Waals surface area contributed by atoms with Gasteiger partial charge < -0.3 is 5.32 Å². The molecule has 196 valence electrons. The van der Waals surface area contributed by atoms with E-state index >= 15 is 0 Å². The van der Waals surface area contributed by atoms with Crippen molar-refractivity contribution in [1.82, 2.24) is 4.57 Å². The number of halogens is 2. The molecule has 39 heavy (non-hydrogen) atoms. The second kappa shape index (κ2) is 10.1. The van der Waals surface area contributed by atoms with Crippen molar-refractivity contribution in [3.8, 4) is 0 Å². The highest BCUT2D eigenvalue weighted by atomic mass is 35.5. The maximum absolute atomic E-state index is 13.8. The lowest BCUT2D eigenvalue weighted by Gasteiger charge is -2.30. The number of para-hydroxylation sites is 1. The number of imide groups is 1. The van der Waals surface area contributed by atoms with Gasteiger partial charge in [-0.1, -0.05) is 65.0 Å². The molecule has 11 heteroatoms. The van der Waals surface area contributed by atoms with Crippen LogP contribution in [0.2, 0.25) is 5.02 Å². The third-order valence-corrected chi connectivity index (χ3v) is 9.58. The fourth-order valence-corrected chi connectivity index (χ4v) is 7.89. The van der Waals surface area contributed by atoms with Gasteiger partial charge in [-0.15, -0.1) is 0 Å². The summed E-state index contributed by atoms with van der Waals surface area (Å²) in [6, 6.07) is 21.0. The standard InChI is InChI=1S/C28H19ClFN3O4S2/c29-16-8-12-18(13-9-16)31-20(34)14-32-27-24(39-28(32)37)21(15-6-10-17(30)11-7-15)22-23(38-27)26(36)33(25(22)35)19-4-2-1-3-5-19/h1-13,21-23H,14H2,(H,31,34)/t21-,22?,23?/m1/s1. The van der Waals surface area contributed by atoms with Crippen molar-refractivity contribution in [3.63, 3.8) is 0 Å². The molecule has 1 aromatic heterocycles. The van der Waals surface area contributed by atoms with Gasteiger partial charge in [-0.3, -0.25) is 23.7 Å². The summed E-state index contributed by atoms with van der Waals surface area (Å²) in [5.74, 6) is -3.09. The third-order valence-electron chi connectivity index (χ3n) is 6.72. The second-order valence-corrected chi connectivity index (χ2v) is 11.7. The Bertz CT molecular complexity index is 1660. The molecular weight excluding hydrogens is 561 g/mol. The number of anilines is 2. The summed E-state index contributed by atoms with van der Waals surface area (Å²) in [6.45, 7) is -0.279. The van der Waals surface area contributed by atoms with Gasteiger partial charge in [0.25, 0.3) is 0 Å². The molecule has 2 aliphatic heterocycles. The molecule has 3 amide bonds. The van der Waals surface area contributed by atoms with Crippen LogP contribution in [0.5, 0.6) is 0 Å². The van der Waals surface area contributed by atoms with Crippen molar-refractivity contribution < 1.29 is 18.8 Å². The molecule has 0 bridgehead atoms. The minimum absolute atomic E-state index is 0.279. The van der Waals surface area contributed by atoms with Gasteiger partial charge in [0.05, 0.1) is 16.6 Å². The summed E-state index contributed by atoms with van der Waals surface area (Å²) >= 11 is 7.98. The molecule has 0 radical (unpaired) electrons. The van der Waals surface area contributed by atoms with Gasteiger partial charge in [0.15, 0.2) is 0 Å². The van der Waals surface area contributed by atoms with Gasteiger partial charge in [-0.2, -0.15) is 0 Å². The van der Waals surface area contributed by atoms with Crippen LogP contribution in [-0.4, -0.2) is 27.5 Å². The Hall–Kier alpha value is -3.73. The molecule has 2 aliphatic rings. The van der Waals surface area contributed by atoms with Gasteiger partial charge in [-0.25, -0.2) is 9.29 Å². The molecule has 1 fully saturated rings. The summed E-state index contributed by atoms with van der Waals surface area (Å²) < 4.78 is 15.2. The molecular formula is C28H19ClFN3O4S2. The molecule has 3 atom stereocenters. The van der Waals surface area contributed by atoms with Gasteiger partial charge >= 0.3 is 4.87 Å². The number of nitrogens with zero attached hydrogens (tertiary/aromatic N) is 2. The number of hydrogen-bond donors (Lipinski definition) is 1. The van der Waals surface area contributed by atoms with Crippen molar-refractivity contribution >= 4 is 63.8 Å². The molecule has 7 nitrogen and oxygen atoms in total. The summed E-state index contributed by atoms with van der Waals surface area (Å²) in [6.07, 6.45) is 0. The first-order valence-corrected chi connectivity index (χ1v) is 14.0. The monoisotopic (exact) mass is 579 g/mol. The Morgan fingerprint density at radius 3 is 2.31 bits per heavy atom. The topological polar surface area (TPSA) is 88.5 Å². The van der Waals surface area contributed by atoms with E-state index in [2.05, 4.69) is 5.32 Å². The van der Waals surface area contributed by atoms with Crippen LogP contribution in [0.15, 0.2) is 88.7 Å². The highest BCUT2D eigenvalue weighted by molar-refractivity contribution is 8.00. The molecule has 1 N–H and O–H groups in total. The average Bonchev–Trinajstić information content (AvgIpc) is 3.37. The van der Waals surface area contributed by atoms with E-state index in [1.165, 1.54) is 21.6 Å². The number of carbonyl (C=O) groups excluding carboxylic acids is 3. The molecule has 3 heterocycles. The van der Waals surface area contributed by atoms with Crippen LogP contribution in [0, 0.1) is 11.7 Å². The Balaban J connectivity index is 1.40. The molecule has 1 saturated heterocycles. The average molecular weight is 580 g/mol. The summed E-state index contributed by atoms with van der Waals surface area (Å²) in [5, 5.41) is 2.91. The van der Waals surface area contributed by atoms with Gasteiger partial charge in [0.1, 0.15) is 17.6 Å². The van der Waals surface area contributed by atoms with Crippen LogP contribution in [-0.2, 0) is 20.9 Å². The number of carbonyl (C=O) groups is 3. The Labute approximate surface area is 235 Å². The van der Waals surface area contributed by atoms with Crippen LogP contribution in [0.3, 0.4) is 0 Å². The third kappa shape index (κ3) is 4.58. The largest absolute Gasteiger partial charge is 0.325 e. The Kier molecular flexibility index (Phi) is 6.62. The highest BCUT2D eigenvalue weighted by Gasteiger charge is 2.56. The zero-order valence-corrected chi connectivity index (χ0v) is 22.4. The van der Waals surface area contributed by atoms with E-state index in [9.17, 15) is 23.6 Å². The minimum atomic E-state index is -0.820. The number of nitrogens with one attached hydrogen (secondary N) is 1. The predicted molar refractivity (Wildman–Crippen MR) is 149 cm³/mol. The second-order valence-electron chi connectivity index (χ2n) is 9.12. The van der Waals surface area contributed by atoms with Crippen molar-refractivity contribution in [2.75, 3.05) is 10.2 Å². The number of benzene rings is 3. The molecule has 4 aromatic rings. The molecule has 0 aliphatic carbocycles. The van der Waals surface area contributed by atoms with E-state index in [1.54, 1.807) is 66.7 Å². The van der Waals surface area contributed by atoms with E-state index in [4.69, 9.17) is 11.6 Å². The van der Waals surface area contributed by atoms with Gasteiger partial charge in [-0.05, 0) is 54.1 Å². The van der Waals surface area contributed by atoms with E-state index in [0.717, 1.165) is 23.1 Å². The van der Waals surface area contributed by atoms with Crippen LogP contribution in [0.25, 0.3) is 0 Å². The maximum Gasteiger partial charge on any atom is 0.308 e. The number of thiazole rings is 1. The van der Waals surface area contributed by atoms with E-state index in [-0.39, 0.29) is 17.3 Å². The summed E-state index contributed by atoms with van der Waals surface area (Å²) in [7, 11) is 0. The smallest absolute Gasteiger partial charge is 0.308 e. The van der Waals surface area contributed by atoms with Crippen molar-refractivity contribution in [1.29, 1.82) is 0 Å². The Morgan fingerprint density at radius 1 is 0.923 bits per heavy atom. The number of aromatic nitrogens is 1. The fraction of sp³-hybridized carbons (Fsp3) is 0.143. The van der Waals surface area contributed by atoms with Crippen molar-refractivity contribution in [3.05, 3.63) is 110 Å². The first kappa shape index (κ1) is 25.5. The number of hydrogen-bond acceptors (Lipinski definition) is 6. The molecule has 6 rings (SSSR count). The van der Waals surface area contributed by atoms with Gasteiger partial charge in [0, 0.05) is 21.5 Å². The normalized spacial score (nSPS) is 20.1. The van der Waals surface area contributed by atoms with Gasteiger partial charge in [0.2, 0.25) is 17.7 Å². The molecule has 3 aromatic carbocycles. The summed E-state index contributed by atoms with van der Waals surface area (Å²) in [5.41, 5.74) is 1.60. The summed E-state index contributed by atoms with van der Waals surface area (Å²) in [4.78, 5) is 54.9. The molecule has 2 unspecified atom stereocenters. The molecule has 0 spiro atoms. The maximum atomic E-state index is 13.8. The minimum Gasteiger partial charge on any atom is -0.325 e. The first-order chi connectivity index (χ1) is 18.8. The number of rotatable bonds is 5. The zero-order chi connectivity index (χ0) is 27.3. The predicted octanol–water partition coefficient (Wildman–Crippen LogP) is 5.14. The van der Waals surface area contributed by atoms with E-state index in [1.807, 2.05) is 0 Å². The zero-order valence-electron chi connectivity index (χ0n) is 20.0. The number of thioether (sulfide) groups is 1. The van der Waals surface area contributed by atoms with E-state index in [0.29, 0.717) is 31.9 Å². The lowest BCUT2D eigenvalue weighted by atomic mass is 9.83. The SMILES string of the molecule is O=C(Cn1c2c(sc1=O)[C@H](c1ccc(F)cc1)C1C(=O)N(c3ccccc3)C(=O)C1S2)Nc1ccc(Cl)cc1. The van der Waals surface area contributed by atoms with Crippen LogP contribution < -0.4 is 15.1 Å². The van der Waals surface area contributed by atoms with Crippen LogP contribution in [0.4, 0.5) is 15.8 Å². The van der Waals surface area contributed by atoms with Crippen molar-refractivity contribution in [2.45, 2.75) is 22.7 Å². The van der Waals surface area contributed by atoms with Crippen molar-refractivity contribution in [2.24, 2.45) is 5.92 Å². The first-order valence-electron chi connectivity index (χ1n) is 12.0. The lowest BCUT2D eigenvalue weighted by Crippen LogP contribution is -2.33. The number of amides is 3. The molecule has 0 saturated carbocycles.